The van der Waals surface area contributed by atoms with Crippen molar-refractivity contribution in [1.82, 2.24) is 0 Å². The highest BCUT2D eigenvalue weighted by atomic mass is 16.5. The summed E-state index contributed by atoms with van der Waals surface area (Å²) in [5.41, 5.74) is 6.02. The molecule has 0 amide bonds. The summed E-state index contributed by atoms with van der Waals surface area (Å²) in [6.07, 6.45) is 0. The fourth-order valence-electron chi connectivity index (χ4n) is 4.84. The molecule has 0 aliphatic heterocycles. The molecule has 0 radical (unpaired) electrons. The number of aliphatic hydroxyl groups is 1. The van der Waals surface area contributed by atoms with Gasteiger partial charge in [0.15, 0.2) is 0 Å². The molecule has 4 heteroatoms. The molecule has 0 saturated carbocycles. The second kappa shape index (κ2) is 6.47. The van der Waals surface area contributed by atoms with Gasteiger partial charge in [0.05, 0.1) is 11.2 Å². The Morgan fingerprint density at radius 1 is 0.781 bits per heavy atom. The van der Waals surface area contributed by atoms with Crippen LogP contribution in [0.3, 0.4) is 0 Å². The summed E-state index contributed by atoms with van der Waals surface area (Å²) in [6.45, 7) is 7.47. The van der Waals surface area contributed by atoms with Crippen molar-refractivity contribution in [1.29, 1.82) is 0 Å². The van der Waals surface area contributed by atoms with Crippen LogP contribution in [0.15, 0.2) is 71.1 Å². The number of furan rings is 1. The van der Waals surface area contributed by atoms with Gasteiger partial charge >= 0.3 is 7.48 Å². The number of para-hydroxylation sites is 1. The maximum absolute atomic E-state index is 10.7. The molecule has 6 rings (SSSR count). The molecule has 4 aromatic carbocycles. The molecule has 0 fully saturated rings. The Morgan fingerprint density at radius 2 is 1.50 bits per heavy atom. The van der Waals surface area contributed by atoms with Crippen LogP contribution >= 0.6 is 0 Å². The summed E-state index contributed by atoms with van der Waals surface area (Å²) in [7, 11) is 0.380. The van der Waals surface area contributed by atoms with Gasteiger partial charge in [0.2, 0.25) is 0 Å². The Hall–Kier alpha value is -3.08. The minimum Gasteiger partial charge on any atom is -0.456 e. The first kappa shape index (κ1) is 19.6. The standard InChI is InChI=1S/C28H25BO3/c1-27(2,30)28(3,4)32-29-26-24-19-13-8-10-16-9-7-12-17(23(16)19)20(24)15-22-25(26)18-11-5-6-14-21(18)31-22/h5-15,29-30H,1-4H3. The normalized spacial score (nSPS) is 13.3. The van der Waals surface area contributed by atoms with Crippen LogP contribution in [0.5, 0.6) is 0 Å². The Balaban J connectivity index is 1.68. The SMILES string of the molecule is CC(C)(O)C(C)(C)OBc1c2c(cc3oc4ccccc4c13)-c1cccc3cccc-2c13. The molecule has 1 aliphatic rings. The van der Waals surface area contributed by atoms with Gasteiger partial charge < -0.3 is 14.2 Å². The van der Waals surface area contributed by atoms with Crippen molar-refractivity contribution in [3.8, 4) is 22.3 Å². The molecule has 158 valence electrons. The first-order valence-electron chi connectivity index (χ1n) is 11.1. The molecule has 1 aromatic heterocycles. The van der Waals surface area contributed by atoms with Crippen LogP contribution in [0, 0.1) is 0 Å². The van der Waals surface area contributed by atoms with Gasteiger partial charge in [-0.1, -0.05) is 54.6 Å². The van der Waals surface area contributed by atoms with Crippen LogP contribution in [0.1, 0.15) is 27.7 Å². The summed E-state index contributed by atoms with van der Waals surface area (Å²) in [6, 6.07) is 23.3. The molecule has 0 atom stereocenters. The quantitative estimate of drug-likeness (QED) is 0.360. The number of benzene rings is 4. The van der Waals surface area contributed by atoms with E-state index in [0.717, 1.165) is 27.4 Å². The predicted molar refractivity (Wildman–Crippen MR) is 134 cm³/mol. The van der Waals surface area contributed by atoms with Crippen molar-refractivity contribution in [3.05, 3.63) is 66.7 Å². The molecule has 0 bridgehead atoms. The lowest BCUT2D eigenvalue weighted by Crippen LogP contribution is -2.49. The van der Waals surface area contributed by atoms with Gasteiger partial charge in [0.25, 0.3) is 0 Å². The Labute approximate surface area is 187 Å². The largest absolute Gasteiger partial charge is 0.456 e. The zero-order valence-electron chi connectivity index (χ0n) is 18.8. The monoisotopic (exact) mass is 420 g/mol. The lowest BCUT2D eigenvalue weighted by atomic mass is 9.76. The molecule has 3 nitrogen and oxygen atoms in total. The van der Waals surface area contributed by atoms with E-state index in [4.69, 9.17) is 9.07 Å². The van der Waals surface area contributed by atoms with Crippen LogP contribution in [-0.2, 0) is 4.65 Å². The number of fused-ring (bicyclic) bond motifs is 6. The minimum atomic E-state index is -0.981. The summed E-state index contributed by atoms with van der Waals surface area (Å²) >= 11 is 0. The van der Waals surface area contributed by atoms with Crippen molar-refractivity contribution in [2.45, 2.75) is 38.9 Å². The van der Waals surface area contributed by atoms with E-state index in [1.165, 1.54) is 33.0 Å². The van der Waals surface area contributed by atoms with Crippen LogP contribution in [-0.4, -0.2) is 23.8 Å². The van der Waals surface area contributed by atoms with E-state index in [0.29, 0.717) is 7.48 Å². The summed E-state index contributed by atoms with van der Waals surface area (Å²) < 4.78 is 12.7. The van der Waals surface area contributed by atoms with E-state index >= 15 is 0 Å². The van der Waals surface area contributed by atoms with Crippen molar-refractivity contribution >= 4 is 45.7 Å². The molecule has 0 saturated heterocycles. The average molecular weight is 420 g/mol. The van der Waals surface area contributed by atoms with Gasteiger partial charge in [-0.3, -0.25) is 0 Å². The summed E-state index contributed by atoms with van der Waals surface area (Å²) in [5, 5.41) is 15.4. The van der Waals surface area contributed by atoms with Crippen LogP contribution < -0.4 is 5.46 Å². The Kier molecular flexibility index (Phi) is 3.96. The average Bonchev–Trinajstić information content (AvgIpc) is 3.28. The van der Waals surface area contributed by atoms with E-state index < -0.39 is 11.2 Å². The Bertz CT molecular complexity index is 1530. The molecule has 32 heavy (non-hydrogen) atoms. The first-order valence-corrected chi connectivity index (χ1v) is 11.1. The molecule has 0 spiro atoms. The maximum atomic E-state index is 10.7. The van der Waals surface area contributed by atoms with Crippen LogP contribution in [0.4, 0.5) is 0 Å². The third kappa shape index (κ3) is 2.63. The third-order valence-corrected chi connectivity index (χ3v) is 7.29. The second-order valence-electron chi connectivity index (χ2n) is 9.82. The molecular weight excluding hydrogens is 395 g/mol. The first-order chi connectivity index (χ1) is 15.3. The molecule has 1 N–H and O–H groups in total. The highest BCUT2D eigenvalue weighted by molar-refractivity contribution is 6.57. The van der Waals surface area contributed by atoms with Gasteiger partial charge in [-0.2, -0.15) is 0 Å². The van der Waals surface area contributed by atoms with Crippen molar-refractivity contribution in [3.63, 3.8) is 0 Å². The molecule has 5 aromatic rings. The van der Waals surface area contributed by atoms with Gasteiger partial charge in [0, 0.05) is 10.8 Å². The van der Waals surface area contributed by atoms with Gasteiger partial charge in [0.1, 0.15) is 11.2 Å². The van der Waals surface area contributed by atoms with Crippen molar-refractivity contribution in [2.24, 2.45) is 0 Å². The maximum Gasteiger partial charge on any atom is 0.310 e. The van der Waals surface area contributed by atoms with Crippen molar-refractivity contribution < 1.29 is 14.2 Å². The van der Waals surface area contributed by atoms with Crippen LogP contribution in [0.25, 0.3) is 55.0 Å². The number of hydrogen-bond donors (Lipinski definition) is 1. The van der Waals surface area contributed by atoms with Crippen molar-refractivity contribution in [2.75, 3.05) is 0 Å². The van der Waals surface area contributed by atoms with E-state index in [9.17, 15) is 5.11 Å². The fourth-order valence-corrected chi connectivity index (χ4v) is 4.84. The van der Waals surface area contributed by atoms with Gasteiger partial charge in [-0.15, -0.1) is 0 Å². The van der Waals surface area contributed by atoms with E-state index in [2.05, 4.69) is 48.5 Å². The van der Waals surface area contributed by atoms with Gasteiger partial charge in [-0.05, 0) is 78.3 Å². The molecule has 0 unspecified atom stereocenters. The summed E-state index contributed by atoms with van der Waals surface area (Å²) in [4.78, 5) is 0. The number of hydrogen-bond acceptors (Lipinski definition) is 3. The predicted octanol–water partition coefficient (Wildman–Crippen LogP) is 5.93. The lowest BCUT2D eigenvalue weighted by molar-refractivity contribution is -0.0892. The van der Waals surface area contributed by atoms with Crippen LogP contribution in [0.2, 0.25) is 0 Å². The highest BCUT2D eigenvalue weighted by Gasteiger charge is 2.37. The third-order valence-electron chi connectivity index (χ3n) is 7.29. The zero-order chi connectivity index (χ0) is 22.3. The molecule has 1 aliphatic carbocycles. The van der Waals surface area contributed by atoms with E-state index in [1.54, 1.807) is 13.8 Å². The Morgan fingerprint density at radius 3 is 2.25 bits per heavy atom. The highest BCUT2D eigenvalue weighted by Crippen LogP contribution is 2.48. The molecular formula is C28H25BO3. The molecule has 1 heterocycles. The zero-order valence-corrected chi connectivity index (χ0v) is 18.8. The van der Waals surface area contributed by atoms with E-state index in [-0.39, 0.29) is 0 Å². The topological polar surface area (TPSA) is 42.6 Å². The van der Waals surface area contributed by atoms with Gasteiger partial charge in [-0.25, -0.2) is 0 Å². The lowest BCUT2D eigenvalue weighted by Gasteiger charge is -2.37. The second-order valence-corrected chi connectivity index (χ2v) is 9.82. The minimum absolute atomic E-state index is 0.380. The fraction of sp³-hybridized carbons (Fsp3) is 0.214. The smallest absolute Gasteiger partial charge is 0.310 e. The van der Waals surface area contributed by atoms with E-state index in [1.807, 2.05) is 32.0 Å². The summed E-state index contributed by atoms with van der Waals surface area (Å²) in [5.74, 6) is 0. The number of rotatable bonds is 4.